The van der Waals surface area contributed by atoms with Crippen LogP contribution in [0.5, 0.6) is 0 Å². The van der Waals surface area contributed by atoms with Gasteiger partial charge < -0.3 is 10.6 Å². The Morgan fingerprint density at radius 2 is 1.95 bits per heavy atom. The van der Waals surface area contributed by atoms with Crippen molar-refractivity contribution in [2.75, 3.05) is 13.1 Å². The van der Waals surface area contributed by atoms with Crippen molar-refractivity contribution in [3.05, 3.63) is 70.8 Å². The highest BCUT2D eigenvalue weighted by Crippen LogP contribution is 2.21. The molecule has 3 rings (SSSR count). The highest BCUT2D eigenvalue weighted by Gasteiger charge is 2.19. The smallest absolute Gasteiger partial charge is 0.224 e. The molecule has 2 N–H and O–H groups in total. The predicted molar refractivity (Wildman–Crippen MR) is 88.8 cm³/mol. The molecule has 1 atom stereocenters. The van der Waals surface area contributed by atoms with E-state index in [1.54, 1.807) is 0 Å². The average Bonchev–Trinajstić information content (AvgIpc) is 2.55. The van der Waals surface area contributed by atoms with E-state index in [9.17, 15) is 4.79 Å². The van der Waals surface area contributed by atoms with Gasteiger partial charge in [-0.3, -0.25) is 4.79 Å². The molecule has 1 aliphatic rings. The molecule has 0 spiro atoms. The minimum Gasteiger partial charge on any atom is -0.354 e. The van der Waals surface area contributed by atoms with E-state index in [4.69, 9.17) is 0 Å². The third-order valence-electron chi connectivity index (χ3n) is 4.33. The molecule has 3 nitrogen and oxygen atoms in total. The fraction of sp³-hybridized carbons (Fsp3) is 0.316. The predicted octanol–water partition coefficient (Wildman–Crippen LogP) is 2.54. The zero-order valence-electron chi connectivity index (χ0n) is 12.9. The number of carbonyl (C=O) groups excluding carboxylic acids is 1. The Hall–Kier alpha value is -2.13. The Morgan fingerprint density at radius 3 is 2.82 bits per heavy atom. The molecule has 1 aliphatic heterocycles. The van der Waals surface area contributed by atoms with Crippen LogP contribution in [-0.4, -0.2) is 19.0 Å². The van der Waals surface area contributed by atoms with Gasteiger partial charge in [0.1, 0.15) is 0 Å². The number of fused-ring (bicyclic) bond motifs is 1. The second kappa shape index (κ2) is 6.75. The van der Waals surface area contributed by atoms with Gasteiger partial charge in [-0.15, -0.1) is 0 Å². The highest BCUT2D eigenvalue weighted by atomic mass is 16.1. The number of hydrogen-bond acceptors (Lipinski definition) is 2. The third kappa shape index (κ3) is 3.37. The maximum absolute atomic E-state index is 12.2. The van der Waals surface area contributed by atoms with Gasteiger partial charge >= 0.3 is 0 Å². The fourth-order valence-corrected chi connectivity index (χ4v) is 3.03. The van der Waals surface area contributed by atoms with Gasteiger partial charge in [0.25, 0.3) is 0 Å². The van der Waals surface area contributed by atoms with E-state index in [2.05, 4.69) is 34.9 Å². The van der Waals surface area contributed by atoms with Crippen LogP contribution in [0.25, 0.3) is 0 Å². The first kappa shape index (κ1) is 14.8. The van der Waals surface area contributed by atoms with Crippen molar-refractivity contribution < 1.29 is 4.79 Å². The van der Waals surface area contributed by atoms with Gasteiger partial charge in [0.05, 0.1) is 6.42 Å². The molecule has 0 bridgehead atoms. The Kier molecular flexibility index (Phi) is 4.54. The van der Waals surface area contributed by atoms with Crippen molar-refractivity contribution in [3.8, 4) is 0 Å². The van der Waals surface area contributed by atoms with Crippen molar-refractivity contribution in [1.82, 2.24) is 10.6 Å². The minimum atomic E-state index is 0.0826. The van der Waals surface area contributed by atoms with Gasteiger partial charge in [-0.1, -0.05) is 48.5 Å². The minimum absolute atomic E-state index is 0.0826. The Bertz CT molecular complexity index is 666. The SMILES string of the molecule is Cc1ccccc1CC(=O)NCC1NCCc2ccccc21. The molecule has 0 fully saturated rings. The van der Waals surface area contributed by atoms with Crippen LogP contribution in [0.4, 0.5) is 0 Å². The first-order chi connectivity index (χ1) is 10.7. The lowest BCUT2D eigenvalue weighted by atomic mass is 9.94. The summed E-state index contributed by atoms with van der Waals surface area (Å²) in [4.78, 5) is 12.2. The number of amides is 1. The fourth-order valence-electron chi connectivity index (χ4n) is 3.03. The summed E-state index contributed by atoms with van der Waals surface area (Å²) in [5.74, 6) is 0.0826. The summed E-state index contributed by atoms with van der Waals surface area (Å²) in [5, 5.41) is 6.56. The Balaban J connectivity index is 1.59. The molecule has 2 aromatic rings. The summed E-state index contributed by atoms with van der Waals surface area (Å²) < 4.78 is 0. The van der Waals surface area contributed by atoms with Crippen molar-refractivity contribution in [2.45, 2.75) is 25.8 Å². The summed E-state index contributed by atoms with van der Waals surface area (Å²) >= 11 is 0. The third-order valence-corrected chi connectivity index (χ3v) is 4.33. The number of benzene rings is 2. The van der Waals surface area contributed by atoms with Crippen molar-refractivity contribution in [1.29, 1.82) is 0 Å². The van der Waals surface area contributed by atoms with Crippen LogP contribution in [0.3, 0.4) is 0 Å². The van der Waals surface area contributed by atoms with Crippen molar-refractivity contribution >= 4 is 5.91 Å². The van der Waals surface area contributed by atoms with E-state index < -0.39 is 0 Å². The molecule has 1 heterocycles. The van der Waals surface area contributed by atoms with Crippen LogP contribution in [0, 0.1) is 6.92 Å². The largest absolute Gasteiger partial charge is 0.354 e. The summed E-state index contributed by atoms with van der Waals surface area (Å²) in [6.45, 7) is 3.65. The molecule has 2 aromatic carbocycles. The summed E-state index contributed by atoms with van der Waals surface area (Å²) in [5.41, 5.74) is 4.96. The lowest BCUT2D eigenvalue weighted by Gasteiger charge is -2.27. The van der Waals surface area contributed by atoms with Gasteiger partial charge in [-0.05, 0) is 42.1 Å². The second-order valence-corrected chi connectivity index (χ2v) is 5.86. The van der Waals surface area contributed by atoms with E-state index in [1.807, 2.05) is 31.2 Å². The van der Waals surface area contributed by atoms with Crippen molar-refractivity contribution in [2.24, 2.45) is 0 Å². The van der Waals surface area contributed by atoms with E-state index in [0.29, 0.717) is 13.0 Å². The zero-order valence-corrected chi connectivity index (χ0v) is 12.9. The molecular weight excluding hydrogens is 272 g/mol. The summed E-state index contributed by atoms with van der Waals surface area (Å²) in [6.07, 6.45) is 1.50. The van der Waals surface area contributed by atoms with E-state index in [-0.39, 0.29) is 11.9 Å². The van der Waals surface area contributed by atoms with Crippen molar-refractivity contribution in [3.63, 3.8) is 0 Å². The molecule has 0 radical (unpaired) electrons. The molecular formula is C19H22N2O. The highest BCUT2D eigenvalue weighted by molar-refractivity contribution is 5.79. The standard InChI is InChI=1S/C19H22N2O/c1-14-6-2-3-8-16(14)12-19(22)21-13-18-17-9-5-4-7-15(17)10-11-20-18/h2-9,18,20H,10-13H2,1H3,(H,21,22). The first-order valence-corrected chi connectivity index (χ1v) is 7.86. The Labute approximate surface area is 131 Å². The molecule has 114 valence electrons. The number of hydrogen-bond donors (Lipinski definition) is 2. The number of carbonyl (C=O) groups is 1. The molecule has 1 unspecified atom stereocenters. The normalized spacial score (nSPS) is 16.9. The molecule has 0 saturated heterocycles. The van der Waals surface area contributed by atoms with Crippen LogP contribution >= 0.6 is 0 Å². The number of rotatable bonds is 4. The van der Waals surface area contributed by atoms with Gasteiger partial charge in [-0.2, -0.15) is 0 Å². The van der Waals surface area contributed by atoms with Gasteiger partial charge in [0.2, 0.25) is 5.91 Å². The second-order valence-electron chi connectivity index (χ2n) is 5.86. The van der Waals surface area contributed by atoms with Gasteiger partial charge in [0.15, 0.2) is 0 Å². The molecule has 0 saturated carbocycles. The van der Waals surface area contributed by atoms with Gasteiger partial charge in [0, 0.05) is 12.6 Å². The van der Waals surface area contributed by atoms with Gasteiger partial charge in [-0.25, -0.2) is 0 Å². The number of aryl methyl sites for hydroxylation is 1. The lowest BCUT2D eigenvalue weighted by Crippen LogP contribution is -2.39. The molecule has 1 amide bonds. The molecule has 0 aromatic heterocycles. The van der Waals surface area contributed by atoms with Crippen LogP contribution in [-0.2, 0) is 17.6 Å². The van der Waals surface area contributed by atoms with Crippen LogP contribution in [0.2, 0.25) is 0 Å². The first-order valence-electron chi connectivity index (χ1n) is 7.86. The van der Waals surface area contributed by atoms with Crippen LogP contribution in [0.15, 0.2) is 48.5 Å². The van der Waals surface area contributed by atoms with E-state index in [0.717, 1.165) is 18.5 Å². The molecule has 22 heavy (non-hydrogen) atoms. The maximum atomic E-state index is 12.2. The molecule has 3 heteroatoms. The topological polar surface area (TPSA) is 41.1 Å². The average molecular weight is 294 g/mol. The van der Waals surface area contributed by atoms with E-state index >= 15 is 0 Å². The van der Waals surface area contributed by atoms with Crippen LogP contribution < -0.4 is 10.6 Å². The zero-order chi connectivity index (χ0) is 15.4. The Morgan fingerprint density at radius 1 is 1.18 bits per heavy atom. The summed E-state index contributed by atoms with van der Waals surface area (Å²) in [6, 6.07) is 16.7. The molecule has 0 aliphatic carbocycles. The van der Waals surface area contributed by atoms with Crippen LogP contribution in [0.1, 0.15) is 28.3 Å². The quantitative estimate of drug-likeness (QED) is 0.910. The lowest BCUT2D eigenvalue weighted by molar-refractivity contribution is -0.120. The van der Waals surface area contributed by atoms with E-state index in [1.165, 1.54) is 16.7 Å². The number of nitrogens with one attached hydrogen (secondary N) is 2. The maximum Gasteiger partial charge on any atom is 0.224 e. The monoisotopic (exact) mass is 294 g/mol. The summed E-state index contributed by atoms with van der Waals surface area (Å²) in [7, 11) is 0.